The summed E-state index contributed by atoms with van der Waals surface area (Å²) in [6.07, 6.45) is 0.860. The monoisotopic (exact) mass is 515 g/mol. The quantitative estimate of drug-likeness (QED) is 0.187. The normalized spacial score (nSPS) is 16.4. The summed E-state index contributed by atoms with van der Waals surface area (Å²) in [5, 5.41) is 11.3. The number of likely N-dealkylation sites (tertiary alicyclic amines) is 1. The van der Waals surface area contributed by atoms with Crippen LogP contribution in [0.4, 0.5) is 0 Å². The highest BCUT2D eigenvalue weighted by Gasteiger charge is 2.46. The maximum atomic E-state index is 13.3. The lowest BCUT2D eigenvalue weighted by atomic mass is 9.95. The van der Waals surface area contributed by atoms with Gasteiger partial charge in [0.05, 0.1) is 38.0 Å². The van der Waals surface area contributed by atoms with Gasteiger partial charge in [0.25, 0.3) is 11.7 Å². The first-order valence-electron chi connectivity index (χ1n) is 12.2. The molecule has 0 bridgehead atoms. The van der Waals surface area contributed by atoms with Crippen molar-refractivity contribution < 1.29 is 33.7 Å². The minimum Gasteiger partial charge on any atom is -0.507 e. The van der Waals surface area contributed by atoms with Crippen molar-refractivity contribution in [1.82, 2.24) is 4.90 Å². The van der Waals surface area contributed by atoms with E-state index in [1.165, 1.54) is 12.0 Å². The van der Waals surface area contributed by atoms with Crippen LogP contribution in [0, 0.1) is 0 Å². The molecular formula is C30H29NO7. The Morgan fingerprint density at radius 3 is 2.05 bits per heavy atom. The molecule has 0 aromatic heterocycles. The molecule has 1 aliphatic heterocycles. The number of aliphatic hydroxyl groups is 1. The molecule has 1 amide bonds. The second-order valence-electron chi connectivity index (χ2n) is 8.76. The largest absolute Gasteiger partial charge is 0.507 e. The molecule has 8 nitrogen and oxygen atoms in total. The van der Waals surface area contributed by atoms with Gasteiger partial charge < -0.3 is 24.2 Å². The molecule has 1 atom stereocenters. The first-order chi connectivity index (χ1) is 18.4. The van der Waals surface area contributed by atoms with Crippen LogP contribution in [0.15, 0.2) is 78.4 Å². The van der Waals surface area contributed by atoms with Crippen molar-refractivity contribution in [3.63, 3.8) is 0 Å². The predicted molar refractivity (Wildman–Crippen MR) is 141 cm³/mol. The number of carbonyl (C=O) groups excluding carboxylic acids is 3. The average Bonchev–Trinajstić information content (AvgIpc) is 3.20. The highest BCUT2D eigenvalue weighted by molar-refractivity contribution is 6.46. The van der Waals surface area contributed by atoms with Gasteiger partial charge in [-0.1, -0.05) is 31.2 Å². The number of hydrogen-bond donors (Lipinski definition) is 1. The second-order valence-corrected chi connectivity index (χ2v) is 8.76. The summed E-state index contributed by atoms with van der Waals surface area (Å²) >= 11 is 0. The van der Waals surface area contributed by atoms with Gasteiger partial charge in [-0.25, -0.2) is 4.79 Å². The molecule has 1 N–H and O–H groups in total. The molecular weight excluding hydrogens is 486 g/mol. The lowest BCUT2D eigenvalue weighted by Crippen LogP contribution is -2.29. The van der Waals surface area contributed by atoms with Crippen molar-refractivity contribution in [3.8, 4) is 11.5 Å². The highest BCUT2D eigenvalue weighted by Crippen LogP contribution is 2.40. The molecule has 1 fully saturated rings. The van der Waals surface area contributed by atoms with Crippen molar-refractivity contribution in [2.24, 2.45) is 0 Å². The zero-order valence-corrected chi connectivity index (χ0v) is 21.5. The van der Waals surface area contributed by atoms with Crippen LogP contribution in [0.1, 0.15) is 46.4 Å². The van der Waals surface area contributed by atoms with Crippen LogP contribution < -0.4 is 9.47 Å². The van der Waals surface area contributed by atoms with Gasteiger partial charge in [-0.3, -0.25) is 9.59 Å². The molecule has 196 valence electrons. The van der Waals surface area contributed by atoms with E-state index < -0.39 is 23.7 Å². The topological polar surface area (TPSA) is 102 Å². The summed E-state index contributed by atoms with van der Waals surface area (Å²) < 4.78 is 15.6. The Morgan fingerprint density at radius 2 is 1.47 bits per heavy atom. The molecule has 8 heteroatoms. The predicted octanol–water partition coefficient (Wildman–Crippen LogP) is 4.89. The van der Waals surface area contributed by atoms with Crippen molar-refractivity contribution >= 4 is 23.4 Å². The maximum Gasteiger partial charge on any atom is 0.337 e. The number of benzene rings is 3. The SMILES string of the molecule is CCCOc1ccc(/C(O)=C2\C(=O)C(=O)N(Cc3ccc(C(=O)OC)cc3)C2c2ccc(OC)cc2)cc1. The molecule has 0 radical (unpaired) electrons. The third-order valence-electron chi connectivity index (χ3n) is 6.30. The lowest BCUT2D eigenvalue weighted by Gasteiger charge is -2.25. The number of ketones is 1. The van der Waals surface area contributed by atoms with Gasteiger partial charge in [0.15, 0.2) is 0 Å². The number of esters is 1. The first kappa shape index (κ1) is 26.5. The van der Waals surface area contributed by atoms with Crippen LogP contribution in [0.5, 0.6) is 11.5 Å². The van der Waals surface area contributed by atoms with E-state index in [4.69, 9.17) is 14.2 Å². The summed E-state index contributed by atoms with van der Waals surface area (Å²) in [5.74, 6) is -0.984. The van der Waals surface area contributed by atoms with E-state index in [1.54, 1.807) is 79.9 Å². The minimum atomic E-state index is -0.836. The van der Waals surface area contributed by atoms with Gasteiger partial charge >= 0.3 is 5.97 Å². The van der Waals surface area contributed by atoms with E-state index in [9.17, 15) is 19.5 Å². The molecule has 3 aromatic carbocycles. The Bertz CT molecular complexity index is 1340. The molecule has 0 aliphatic carbocycles. The van der Waals surface area contributed by atoms with Crippen LogP contribution in [0.25, 0.3) is 5.76 Å². The molecule has 1 unspecified atom stereocenters. The number of nitrogens with zero attached hydrogens (tertiary/aromatic N) is 1. The Kier molecular flexibility index (Phi) is 8.11. The molecule has 3 aromatic rings. The Balaban J connectivity index is 1.75. The van der Waals surface area contributed by atoms with Crippen LogP contribution in [-0.4, -0.2) is 48.5 Å². The number of carbonyl (C=O) groups is 3. The summed E-state index contributed by atoms with van der Waals surface area (Å²) in [4.78, 5) is 39.8. The van der Waals surface area contributed by atoms with E-state index in [2.05, 4.69) is 0 Å². The van der Waals surface area contributed by atoms with Crippen LogP contribution >= 0.6 is 0 Å². The van der Waals surface area contributed by atoms with Crippen molar-refractivity contribution in [2.45, 2.75) is 25.9 Å². The van der Waals surface area contributed by atoms with E-state index in [0.717, 1.165) is 6.42 Å². The van der Waals surface area contributed by atoms with Crippen LogP contribution in [0.2, 0.25) is 0 Å². The highest BCUT2D eigenvalue weighted by atomic mass is 16.5. The number of ether oxygens (including phenoxy) is 3. The zero-order chi connectivity index (χ0) is 27.2. The number of Topliss-reactive ketones (excluding diaryl/α,β-unsaturated/α-hetero) is 1. The number of hydrogen-bond acceptors (Lipinski definition) is 7. The fourth-order valence-electron chi connectivity index (χ4n) is 4.32. The summed E-state index contributed by atoms with van der Waals surface area (Å²) in [5.41, 5.74) is 2.11. The summed E-state index contributed by atoms with van der Waals surface area (Å²) in [6.45, 7) is 2.66. The van der Waals surface area contributed by atoms with Crippen molar-refractivity contribution in [1.29, 1.82) is 0 Å². The summed E-state index contributed by atoms with van der Waals surface area (Å²) in [6, 6.07) is 19.5. The Labute approximate surface area is 221 Å². The standard InChI is InChI=1S/C30H29NO7/c1-4-17-38-24-15-11-21(12-16-24)27(32)25-26(20-9-13-23(36-2)14-10-20)31(29(34)28(25)33)18-19-5-7-22(8-6-19)30(35)37-3/h5-16,26,32H,4,17-18H2,1-3H3/b27-25+. The third-order valence-corrected chi connectivity index (χ3v) is 6.30. The van der Waals surface area contributed by atoms with E-state index in [-0.39, 0.29) is 17.9 Å². The van der Waals surface area contributed by atoms with E-state index in [0.29, 0.717) is 40.4 Å². The average molecular weight is 516 g/mol. The van der Waals surface area contributed by atoms with Gasteiger partial charge in [-0.2, -0.15) is 0 Å². The van der Waals surface area contributed by atoms with Gasteiger partial charge in [-0.05, 0) is 66.1 Å². The molecule has 1 aliphatic rings. The minimum absolute atomic E-state index is 0.00595. The number of rotatable bonds is 9. The first-order valence-corrected chi connectivity index (χ1v) is 12.2. The smallest absolute Gasteiger partial charge is 0.337 e. The van der Waals surface area contributed by atoms with Gasteiger partial charge in [0, 0.05) is 12.1 Å². The fourth-order valence-corrected chi connectivity index (χ4v) is 4.32. The number of aliphatic hydroxyl groups excluding tert-OH is 1. The Morgan fingerprint density at radius 1 is 0.868 bits per heavy atom. The van der Waals surface area contributed by atoms with E-state index in [1.807, 2.05) is 6.92 Å². The van der Waals surface area contributed by atoms with E-state index >= 15 is 0 Å². The van der Waals surface area contributed by atoms with Crippen LogP contribution in [0.3, 0.4) is 0 Å². The zero-order valence-electron chi connectivity index (χ0n) is 21.5. The molecule has 0 saturated carbocycles. The van der Waals surface area contributed by atoms with Gasteiger partial charge in [0.1, 0.15) is 17.3 Å². The third kappa shape index (κ3) is 5.39. The van der Waals surface area contributed by atoms with Crippen LogP contribution in [-0.2, 0) is 20.9 Å². The fraction of sp³-hybridized carbons (Fsp3) is 0.233. The second kappa shape index (κ2) is 11.6. The molecule has 1 heterocycles. The number of amides is 1. The van der Waals surface area contributed by atoms with Crippen molar-refractivity contribution in [3.05, 3.63) is 101 Å². The lowest BCUT2D eigenvalue weighted by molar-refractivity contribution is -0.140. The summed E-state index contributed by atoms with van der Waals surface area (Å²) in [7, 11) is 2.85. The van der Waals surface area contributed by atoms with Gasteiger partial charge in [-0.15, -0.1) is 0 Å². The molecule has 38 heavy (non-hydrogen) atoms. The van der Waals surface area contributed by atoms with Crippen molar-refractivity contribution in [2.75, 3.05) is 20.8 Å². The molecule has 4 rings (SSSR count). The van der Waals surface area contributed by atoms with Gasteiger partial charge in [0.2, 0.25) is 0 Å². The molecule has 1 saturated heterocycles. The maximum absolute atomic E-state index is 13.3. The molecule has 0 spiro atoms. The number of methoxy groups -OCH3 is 2. The Hall–Kier alpha value is -4.59.